The number of aliphatic carboxylic acids is 1. The number of hydrogen-bond donors (Lipinski definition) is 2. The van der Waals surface area contributed by atoms with E-state index in [0.717, 1.165) is 12.0 Å². The quantitative estimate of drug-likeness (QED) is 0.856. The molecule has 1 saturated heterocycles. The van der Waals surface area contributed by atoms with Crippen molar-refractivity contribution < 1.29 is 9.90 Å². The first-order valence-electron chi connectivity index (χ1n) is 6.55. The van der Waals surface area contributed by atoms with Crippen LogP contribution in [0.4, 0.5) is 0 Å². The molecule has 0 spiro atoms. The maximum absolute atomic E-state index is 10.9. The molecule has 2 heterocycles. The van der Waals surface area contributed by atoms with Crippen molar-refractivity contribution in [1.29, 1.82) is 0 Å². The summed E-state index contributed by atoms with van der Waals surface area (Å²) in [6.45, 7) is 0.543. The molecule has 0 aliphatic carbocycles. The minimum atomic E-state index is -0.806. The maximum atomic E-state index is 10.9. The Balaban J connectivity index is 1.71. The molecule has 104 valence electrons. The van der Waals surface area contributed by atoms with Gasteiger partial charge in [-0.3, -0.25) is 4.79 Å². The zero-order valence-corrected chi connectivity index (χ0v) is 10.8. The molecule has 3 rings (SSSR count). The molecule has 2 N–H and O–H groups in total. The monoisotopic (exact) mass is 273 g/mol. The summed E-state index contributed by atoms with van der Waals surface area (Å²) in [7, 11) is 0. The molecule has 1 aromatic heterocycles. The van der Waals surface area contributed by atoms with Crippen molar-refractivity contribution in [3.8, 4) is 11.4 Å². The van der Waals surface area contributed by atoms with Crippen molar-refractivity contribution in [2.45, 2.75) is 24.9 Å². The van der Waals surface area contributed by atoms with Crippen LogP contribution in [0.15, 0.2) is 30.3 Å². The highest BCUT2D eigenvalue weighted by molar-refractivity contribution is 5.73. The number of carboxylic acid groups (broad SMARTS) is 1. The first-order chi connectivity index (χ1) is 9.74. The Kier molecular flexibility index (Phi) is 3.42. The molecule has 0 amide bonds. The number of carboxylic acids is 1. The van der Waals surface area contributed by atoms with Crippen LogP contribution in [0.5, 0.6) is 0 Å². The van der Waals surface area contributed by atoms with Gasteiger partial charge in [-0.25, -0.2) is 0 Å². The van der Waals surface area contributed by atoms with Crippen LogP contribution in [0.25, 0.3) is 11.4 Å². The average Bonchev–Trinajstić information content (AvgIpc) is 2.98. The molecule has 1 fully saturated rings. The van der Waals surface area contributed by atoms with Gasteiger partial charge in [-0.2, -0.15) is 4.80 Å². The Morgan fingerprint density at radius 2 is 2.10 bits per heavy atom. The summed E-state index contributed by atoms with van der Waals surface area (Å²) >= 11 is 0. The lowest BCUT2D eigenvalue weighted by atomic mass is 10.0. The summed E-state index contributed by atoms with van der Waals surface area (Å²) < 4.78 is 0. The van der Waals surface area contributed by atoms with Crippen molar-refractivity contribution in [2.24, 2.45) is 0 Å². The lowest BCUT2D eigenvalue weighted by Gasteiger charge is -2.26. The third-order valence-corrected chi connectivity index (χ3v) is 3.47. The van der Waals surface area contributed by atoms with Crippen molar-refractivity contribution >= 4 is 5.97 Å². The highest BCUT2D eigenvalue weighted by Crippen LogP contribution is 2.19. The van der Waals surface area contributed by atoms with Crippen LogP contribution in [-0.4, -0.2) is 43.9 Å². The highest BCUT2D eigenvalue weighted by atomic mass is 16.4. The summed E-state index contributed by atoms with van der Waals surface area (Å²) in [4.78, 5) is 12.5. The van der Waals surface area contributed by atoms with Crippen LogP contribution in [0.1, 0.15) is 18.9 Å². The first-order valence-corrected chi connectivity index (χ1v) is 6.55. The Labute approximate surface area is 115 Å². The predicted molar refractivity (Wildman–Crippen MR) is 71.0 cm³/mol. The zero-order chi connectivity index (χ0) is 13.9. The van der Waals surface area contributed by atoms with Crippen LogP contribution in [-0.2, 0) is 4.79 Å². The van der Waals surface area contributed by atoms with E-state index in [1.54, 1.807) is 4.80 Å². The summed E-state index contributed by atoms with van der Waals surface area (Å²) in [5, 5.41) is 24.4. The van der Waals surface area contributed by atoms with Crippen LogP contribution in [0, 0.1) is 0 Å². The second-order valence-corrected chi connectivity index (χ2v) is 4.83. The van der Waals surface area contributed by atoms with Crippen LogP contribution in [0.2, 0.25) is 0 Å². The van der Waals surface area contributed by atoms with Gasteiger partial charge in [-0.1, -0.05) is 30.3 Å². The Morgan fingerprint density at radius 1 is 1.30 bits per heavy atom. The molecule has 1 aliphatic rings. The number of benzene rings is 1. The van der Waals surface area contributed by atoms with E-state index in [-0.39, 0.29) is 6.04 Å². The number of nitrogens with zero attached hydrogens (tertiary/aromatic N) is 4. The molecule has 1 aromatic carbocycles. The fourth-order valence-electron chi connectivity index (χ4n) is 2.33. The van der Waals surface area contributed by atoms with Crippen molar-refractivity contribution in [3.05, 3.63) is 30.3 Å². The summed E-state index contributed by atoms with van der Waals surface area (Å²) in [5.74, 6) is -0.217. The molecular formula is C13H15N5O2. The van der Waals surface area contributed by atoms with Gasteiger partial charge in [0.2, 0.25) is 5.82 Å². The number of aromatic nitrogens is 4. The molecule has 7 nitrogen and oxygen atoms in total. The van der Waals surface area contributed by atoms with Gasteiger partial charge in [0, 0.05) is 12.1 Å². The van der Waals surface area contributed by atoms with Gasteiger partial charge < -0.3 is 10.4 Å². The van der Waals surface area contributed by atoms with Gasteiger partial charge in [-0.05, 0) is 18.1 Å². The van der Waals surface area contributed by atoms with Gasteiger partial charge in [0.1, 0.15) is 6.04 Å². The molecule has 0 unspecified atom stereocenters. The standard InChI is InChI=1S/C13H15N5O2/c19-13(20)11-7-6-10(8-14-11)18-16-12(15-17-18)9-4-2-1-3-5-9/h1-5,10-11,14H,6-8H2,(H,19,20)/t10-,11-/m0/s1. The molecule has 20 heavy (non-hydrogen) atoms. The van der Waals surface area contributed by atoms with E-state index in [9.17, 15) is 4.79 Å². The summed E-state index contributed by atoms with van der Waals surface area (Å²) in [5.41, 5.74) is 0.922. The number of piperidine rings is 1. The molecular weight excluding hydrogens is 258 g/mol. The molecule has 7 heteroatoms. The largest absolute Gasteiger partial charge is 0.480 e. The van der Waals surface area contributed by atoms with Crippen molar-refractivity contribution in [2.75, 3.05) is 6.54 Å². The highest BCUT2D eigenvalue weighted by Gasteiger charge is 2.27. The number of tetrazole rings is 1. The van der Waals surface area contributed by atoms with Crippen molar-refractivity contribution in [1.82, 2.24) is 25.5 Å². The normalized spacial score (nSPS) is 22.6. The van der Waals surface area contributed by atoms with E-state index in [1.165, 1.54) is 0 Å². The van der Waals surface area contributed by atoms with E-state index in [4.69, 9.17) is 5.11 Å². The number of hydrogen-bond acceptors (Lipinski definition) is 5. The second kappa shape index (κ2) is 5.38. The van der Waals surface area contributed by atoms with Gasteiger partial charge in [0.15, 0.2) is 0 Å². The number of carbonyl (C=O) groups is 1. The van der Waals surface area contributed by atoms with E-state index in [1.807, 2.05) is 30.3 Å². The number of nitrogens with one attached hydrogen (secondary N) is 1. The van der Waals surface area contributed by atoms with E-state index >= 15 is 0 Å². The van der Waals surface area contributed by atoms with Gasteiger partial charge in [0.25, 0.3) is 0 Å². The molecule has 0 saturated carbocycles. The fourth-order valence-corrected chi connectivity index (χ4v) is 2.33. The molecule has 2 aromatic rings. The van der Waals surface area contributed by atoms with E-state index < -0.39 is 12.0 Å². The zero-order valence-electron chi connectivity index (χ0n) is 10.8. The predicted octanol–water partition coefficient (Wildman–Crippen LogP) is 0.718. The Bertz CT molecular complexity index is 590. The SMILES string of the molecule is O=C(O)[C@@H]1CC[C@H](n2nnc(-c3ccccc3)n2)CN1. The molecule has 2 atom stereocenters. The lowest BCUT2D eigenvalue weighted by molar-refractivity contribution is -0.140. The third-order valence-electron chi connectivity index (χ3n) is 3.47. The average molecular weight is 273 g/mol. The smallest absolute Gasteiger partial charge is 0.320 e. The topological polar surface area (TPSA) is 92.9 Å². The minimum Gasteiger partial charge on any atom is -0.480 e. The van der Waals surface area contributed by atoms with E-state index in [2.05, 4.69) is 20.7 Å². The maximum Gasteiger partial charge on any atom is 0.320 e. The van der Waals surface area contributed by atoms with Gasteiger partial charge in [-0.15, -0.1) is 10.2 Å². The lowest BCUT2D eigenvalue weighted by Crippen LogP contribution is -2.44. The Hall–Kier alpha value is -2.28. The van der Waals surface area contributed by atoms with Gasteiger partial charge in [0.05, 0.1) is 6.04 Å². The molecule has 0 bridgehead atoms. The number of rotatable bonds is 3. The van der Waals surface area contributed by atoms with E-state index in [0.29, 0.717) is 18.8 Å². The van der Waals surface area contributed by atoms with Crippen molar-refractivity contribution in [3.63, 3.8) is 0 Å². The fraction of sp³-hybridized carbons (Fsp3) is 0.385. The van der Waals surface area contributed by atoms with Crippen LogP contribution < -0.4 is 5.32 Å². The second-order valence-electron chi connectivity index (χ2n) is 4.83. The Morgan fingerprint density at radius 3 is 2.75 bits per heavy atom. The van der Waals surface area contributed by atoms with Crippen LogP contribution >= 0.6 is 0 Å². The minimum absolute atomic E-state index is 0.0514. The summed E-state index contributed by atoms with van der Waals surface area (Å²) in [6, 6.07) is 9.23. The third kappa shape index (κ3) is 2.53. The van der Waals surface area contributed by atoms with Crippen LogP contribution in [0.3, 0.4) is 0 Å². The molecule has 1 aliphatic heterocycles. The summed E-state index contributed by atoms with van der Waals surface area (Å²) in [6.07, 6.45) is 1.30. The van der Waals surface area contributed by atoms with Gasteiger partial charge >= 0.3 is 5.97 Å². The molecule has 0 radical (unpaired) electrons. The first kappa shape index (κ1) is 12.7.